The fourth-order valence-corrected chi connectivity index (χ4v) is 2.18. The Morgan fingerprint density at radius 2 is 2.31 bits per heavy atom. The van der Waals surface area contributed by atoms with E-state index >= 15 is 0 Å². The van der Waals surface area contributed by atoms with Crippen LogP contribution in [0.15, 0.2) is 12.4 Å². The van der Waals surface area contributed by atoms with Crippen molar-refractivity contribution >= 4 is 17.5 Å². The van der Waals surface area contributed by atoms with Gasteiger partial charge in [-0.15, -0.1) is 0 Å². The molecular formula is C10H15N5S. The molecule has 2 rings (SSSR count). The maximum atomic E-state index is 4.36. The van der Waals surface area contributed by atoms with Crippen LogP contribution in [0.2, 0.25) is 0 Å². The summed E-state index contributed by atoms with van der Waals surface area (Å²) in [6, 6.07) is 0. The van der Waals surface area contributed by atoms with Gasteiger partial charge in [0, 0.05) is 26.0 Å². The lowest BCUT2D eigenvalue weighted by molar-refractivity contribution is 0.645. The van der Waals surface area contributed by atoms with Gasteiger partial charge in [0.1, 0.15) is 11.5 Å². The second-order valence-electron chi connectivity index (χ2n) is 3.52. The molecule has 0 aliphatic carbocycles. The van der Waals surface area contributed by atoms with Crippen LogP contribution in [0.4, 0.5) is 5.82 Å². The van der Waals surface area contributed by atoms with Crippen molar-refractivity contribution in [1.29, 1.82) is 0 Å². The molecule has 2 heterocycles. The third-order valence-corrected chi connectivity index (χ3v) is 2.95. The molecule has 2 aromatic heterocycles. The zero-order valence-electron chi connectivity index (χ0n) is 9.47. The summed E-state index contributed by atoms with van der Waals surface area (Å²) in [6.45, 7) is 3.16. The van der Waals surface area contributed by atoms with Crippen molar-refractivity contribution in [1.82, 2.24) is 18.3 Å². The number of rotatable bonds is 5. The van der Waals surface area contributed by atoms with Crippen LogP contribution in [-0.4, -0.2) is 25.3 Å². The molecule has 0 unspecified atom stereocenters. The Labute approximate surface area is 98.9 Å². The minimum atomic E-state index is 0.736. The summed E-state index contributed by atoms with van der Waals surface area (Å²) in [5.41, 5.74) is 0.969. The molecule has 0 fully saturated rings. The summed E-state index contributed by atoms with van der Waals surface area (Å²) >= 11 is 1.23. The number of hydrogen-bond acceptors (Lipinski definition) is 5. The number of aromatic nitrogens is 4. The first kappa shape index (κ1) is 11.1. The highest BCUT2D eigenvalue weighted by Gasteiger charge is 2.10. The lowest BCUT2D eigenvalue weighted by atomic mass is 10.3. The van der Waals surface area contributed by atoms with Crippen molar-refractivity contribution in [2.75, 3.05) is 12.4 Å². The van der Waals surface area contributed by atoms with Crippen LogP contribution in [0.1, 0.15) is 24.9 Å². The molecule has 6 heteroatoms. The molecule has 0 amide bonds. The maximum Gasteiger partial charge on any atom is 0.163 e. The smallest absolute Gasteiger partial charge is 0.163 e. The highest BCUT2D eigenvalue weighted by molar-refractivity contribution is 6.99. The van der Waals surface area contributed by atoms with Crippen molar-refractivity contribution in [3.63, 3.8) is 0 Å². The molecule has 2 aromatic rings. The van der Waals surface area contributed by atoms with Crippen LogP contribution in [0.25, 0.3) is 0 Å². The molecule has 0 spiro atoms. The number of aryl methyl sites for hydroxylation is 1. The average Bonchev–Trinajstić information content (AvgIpc) is 2.89. The van der Waals surface area contributed by atoms with Crippen LogP contribution < -0.4 is 5.32 Å². The van der Waals surface area contributed by atoms with E-state index in [4.69, 9.17) is 0 Å². The van der Waals surface area contributed by atoms with Crippen LogP contribution in [0.3, 0.4) is 0 Å². The summed E-state index contributed by atoms with van der Waals surface area (Å²) in [5, 5.41) is 3.04. The Balaban J connectivity index is 2.17. The standard InChI is InChI=1S/C10H15N5S/c1-3-5-15-6-4-12-9(15)7-8-10(11-2)14-16-13-8/h4,6H,3,5,7H2,1-2H3,(H,11,14). The van der Waals surface area contributed by atoms with Gasteiger partial charge in [-0.3, -0.25) is 0 Å². The summed E-state index contributed by atoms with van der Waals surface area (Å²) < 4.78 is 10.6. The van der Waals surface area contributed by atoms with Gasteiger partial charge in [0.2, 0.25) is 0 Å². The van der Waals surface area contributed by atoms with E-state index in [0.717, 1.165) is 36.7 Å². The summed E-state index contributed by atoms with van der Waals surface area (Å²) in [7, 11) is 1.86. The molecule has 0 bridgehead atoms. The molecule has 16 heavy (non-hydrogen) atoms. The lowest BCUT2D eigenvalue weighted by Gasteiger charge is -2.05. The molecule has 0 aliphatic heterocycles. The van der Waals surface area contributed by atoms with E-state index in [1.165, 1.54) is 11.7 Å². The fourth-order valence-electron chi connectivity index (χ4n) is 1.61. The average molecular weight is 237 g/mol. The monoisotopic (exact) mass is 237 g/mol. The van der Waals surface area contributed by atoms with Crippen LogP contribution in [0.5, 0.6) is 0 Å². The van der Waals surface area contributed by atoms with Gasteiger partial charge in [-0.1, -0.05) is 6.92 Å². The summed E-state index contributed by atoms with van der Waals surface area (Å²) in [5.74, 6) is 1.90. The zero-order chi connectivity index (χ0) is 11.4. The largest absolute Gasteiger partial charge is 0.371 e. The van der Waals surface area contributed by atoms with Gasteiger partial charge in [-0.05, 0) is 6.42 Å². The Morgan fingerprint density at radius 1 is 1.44 bits per heavy atom. The molecule has 86 valence electrons. The predicted octanol–water partition coefficient (Wildman–Crippen LogP) is 1.78. The van der Waals surface area contributed by atoms with Crippen molar-refractivity contribution in [2.24, 2.45) is 0 Å². The third-order valence-electron chi connectivity index (χ3n) is 2.39. The Hall–Kier alpha value is -1.43. The Kier molecular flexibility index (Phi) is 3.51. The first-order valence-electron chi connectivity index (χ1n) is 5.34. The molecule has 0 atom stereocenters. The Morgan fingerprint density at radius 3 is 3.06 bits per heavy atom. The molecular weight excluding hydrogens is 222 g/mol. The normalized spacial score (nSPS) is 10.6. The fraction of sp³-hybridized carbons (Fsp3) is 0.500. The molecule has 1 N–H and O–H groups in total. The molecule has 0 aromatic carbocycles. The minimum Gasteiger partial charge on any atom is -0.371 e. The number of imidazole rings is 1. The minimum absolute atomic E-state index is 0.736. The zero-order valence-corrected chi connectivity index (χ0v) is 10.3. The third kappa shape index (κ3) is 2.21. The van der Waals surface area contributed by atoms with Crippen LogP contribution >= 0.6 is 11.7 Å². The topological polar surface area (TPSA) is 55.6 Å². The highest BCUT2D eigenvalue weighted by atomic mass is 32.1. The number of nitrogens with one attached hydrogen (secondary N) is 1. The molecule has 5 nitrogen and oxygen atoms in total. The second-order valence-corrected chi connectivity index (χ2v) is 4.05. The van der Waals surface area contributed by atoms with E-state index in [2.05, 4.69) is 30.5 Å². The van der Waals surface area contributed by atoms with Gasteiger partial charge < -0.3 is 9.88 Å². The van der Waals surface area contributed by atoms with Crippen molar-refractivity contribution < 1.29 is 0 Å². The van der Waals surface area contributed by atoms with Gasteiger partial charge >= 0.3 is 0 Å². The second kappa shape index (κ2) is 5.07. The van der Waals surface area contributed by atoms with E-state index in [-0.39, 0.29) is 0 Å². The molecule has 0 radical (unpaired) electrons. The van der Waals surface area contributed by atoms with E-state index < -0.39 is 0 Å². The number of anilines is 1. The van der Waals surface area contributed by atoms with Crippen molar-refractivity contribution in [3.8, 4) is 0 Å². The molecule has 0 saturated heterocycles. The molecule has 0 saturated carbocycles. The summed E-state index contributed by atoms with van der Waals surface area (Å²) in [4.78, 5) is 4.36. The summed E-state index contributed by atoms with van der Waals surface area (Å²) in [6.07, 6.45) is 5.69. The predicted molar refractivity (Wildman–Crippen MR) is 64.8 cm³/mol. The maximum absolute atomic E-state index is 4.36. The van der Waals surface area contributed by atoms with Crippen molar-refractivity contribution in [3.05, 3.63) is 23.9 Å². The van der Waals surface area contributed by atoms with Gasteiger partial charge in [0.05, 0.1) is 18.1 Å². The van der Waals surface area contributed by atoms with Crippen molar-refractivity contribution in [2.45, 2.75) is 26.3 Å². The van der Waals surface area contributed by atoms with Gasteiger partial charge in [0.25, 0.3) is 0 Å². The first-order chi connectivity index (χ1) is 7.85. The van der Waals surface area contributed by atoms with Crippen LogP contribution in [0, 0.1) is 0 Å². The van der Waals surface area contributed by atoms with E-state index in [1.54, 1.807) is 0 Å². The SMILES string of the molecule is CCCn1ccnc1Cc1nsnc1NC. The molecule has 0 aliphatic rings. The highest BCUT2D eigenvalue weighted by Crippen LogP contribution is 2.15. The van der Waals surface area contributed by atoms with E-state index in [0.29, 0.717) is 0 Å². The number of hydrogen-bond donors (Lipinski definition) is 1. The first-order valence-corrected chi connectivity index (χ1v) is 6.07. The Bertz CT molecular complexity index is 448. The van der Waals surface area contributed by atoms with Gasteiger partial charge in [-0.2, -0.15) is 8.75 Å². The van der Waals surface area contributed by atoms with Crippen LogP contribution in [-0.2, 0) is 13.0 Å². The van der Waals surface area contributed by atoms with E-state index in [9.17, 15) is 0 Å². The quantitative estimate of drug-likeness (QED) is 0.861. The van der Waals surface area contributed by atoms with E-state index in [1.807, 2.05) is 19.4 Å². The number of nitrogens with zero attached hydrogens (tertiary/aromatic N) is 4. The lowest BCUT2D eigenvalue weighted by Crippen LogP contribution is -2.05. The van der Waals surface area contributed by atoms with Gasteiger partial charge in [0.15, 0.2) is 5.82 Å². The van der Waals surface area contributed by atoms with Gasteiger partial charge in [-0.25, -0.2) is 4.98 Å².